The molecule has 0 aliphatic carbocycles. The van der Waals surface area contributed by atoms with Gasteiger partial charge in [-0.1, -0.05) is 30.3 Å². The van der Waals surface area contributed by atoms with Crippen LogP contribution in [0.1, 0.15) is 16.1 Å². The summed E-state index contributed by atoms with van der Waals surface area (Å²) in [4.78, 5) is 16.9. The van der Waals surface area contributed by atoms with Gasteiger partial charge < -0.3 is 5.32 Å². The van der Waals surface area contributed by atoms with E-state index in [2.05, 4.69) is 10.3 Å². The van der Waals surface area contributed by atoms with E-state index >= 15 is 0 Å². The molecule has 2 aromatic carbocycles. The second-order valence-electron chi connectivity index (χ2n) is 5.75. The second-order valence-corrected chi connectivity index (χ2v) is 8.89. The van der Waals surface area contributed by atoms with Gasteiger partial charge >= 0.3 is 0 Å². The predicted octanol–water partition coefficient (Wildman–Crippen LogP) is 3.54. The molecule has 3 rings (SSSR count). The highest BCUT2D eigenvalue weighted by atomic mass is 32.2. The first-order chi connectivity index (χ1) is 13.0. The lowest BCUT2D eigenvalue weighted by Gasteiger charge is -2.05. The van der Waals surface area contributed by atoms with Crippen LogP contribution in [-0.2, 0) is 9.84 Å². The largest absolute Gasteiger partial charge is 0.351 e. The van der Waals surface area contributed by atoms with Crippen molar-refractivity contribution in [1.82, 2.24) is 10.3 Å². The average Bonchev–Trinajstić information content (AvgIpc) is 3.16. The Morgan fingerprint density at radius 1 is 1.07 bits per heavy atom. The van der Waals surface area contributed by atoms with Gasteiger partial charge in [0.1, 0.15) is 15.7 Å². The molecule has 0 bridgehead atoms. The van der Waals surface area contributed by atoms with Crippen LogP contribution in [0, 0.1) is 5.82 Å². The van der Waals surface area contributed by atoms with Gasteiger partial charge in [-0.25, -0.2) is 17.8 Å². The maximum Gasteiger partial charge on any atom is 0.263 e. The maximum absolute atomic E-state index is 13.8. The highest BCUT2D eigenvalue weighted by Gasteiger charge is 2.15. The number of nitrogens with zero attached hydrogens (tertiary/aromatic N) is 1. The second kappa shape index (κ2) is 8.41. The molecule has 1 aromatic heterocycles. The van der Waals surface area contributed by atoms with Gasteiger partial charge in [-0.3, -0.25) is 4.79 Å². The van der Waals surface area contributed by atoms with E-state index < -0.39 is 15.7 Å². The fourth-order valence-electron chi connectivity index (χ4n) is 2.44. The number of benzene rings is 2. The van der Waals surface area contributed by atoms with Crippen molar-refractivity contribution in [3.8, 4) is 10.6 Å². The van der Waals surface area contributed by atoms with Crippen molar-refractivity contribution >= 4 is 27.1 Å². The molecular weight excluding hydrogens is 387 g/mol. The molecule has 8 heteroatoms. The summed E-state index contributed by atoms with van der Waals surface area (Å²) < 4.78 is 38.2. The summed E-state index contributed by atoms with van der Waals surface area (Å²) in [5, 5.41) is 3.10. The third-order valence-electron chi connectivity index (χ3n) is 3.81. The summed E-state index contributed by atoms with van der Waals surface area (Å²) in [5.41, 5.74) is 0.343. The predicted molar refractivity (Wildman–Crippen MR) is 103 cm³/mol. The SMILES string of the molecule is O=C(NCCCS(=O)(=O)c1ccccc1)c1cnc(-c2ccccc2F)s1. The quantitative estimate of drug-likeness (QED) is 0.611. The Morgan fingerprint density at radius 2 is 1.78 bits per heavy atom. The van der Waals surface area contributed by atoms with Gasteiger partial charge in [0.25, 0.3) is 5.91 Å². The molecule has 0 aliphatic rings. The molecule has 0 saturated carbocycles. The number of amides is 1. The molecule has 1 heterocycles. The van der Waals surface area contributed by atoms with E-state index in [0.717, 1.165) is 11.3 Å². The van der Waals surface area contributed by atoms with Crippen LogP contribution >= 0.6 is 11.3 Å². The van der Waals surface area contributed by atoms with E-state index in [-0.39, 0.29) is 23.1 Å². The lowest BCUT2D eigenvalue weighted by molar-refractivity contribution is 0.0957. The Bertz CT molecular complexity index is 1030. The van der Waals surface area contributed by atoms with Crippen molar-refractivity contribution < 1.29 is 17.6 Å². The molecule has 0 spiro atoms. The van der Waals surface area contributed by atoms with Crippen LogP contribution in [0.4, 0.5) is 4.39 Å². The lowest BCUT2D eigenvalue weighted by Crippen LogP contribution is -2.25. The minimum Gasteiger partial charge on any atom is -0.351 e. The first-order valence-electron chi connectivity index (χ1n) is 8.24. The summed E-state index contributed by atoms with van der Waals surface area (Å²) in [7, 11) is -3.36. The van der Waals surface area contributed by atoms with E-state index in [1.165, 1.54) is 12.3 Å². The van der Waals surface area contributed by atoms with E-state index in [1.807, 2.05) is 0 Å². The van der Waals surface area contributed by atoms with Gasteiger partial charge in [0.05, 0.1) is 16.8 Å². The van der Waals surface area contributed by atoms with Gasteiger partial charge in [0, 0.05) is 12.1 Å². The van der Waals surface area contributed by atoms with Gasteiger partial charge in [0.2, 0.25) is 0 Å². The molecular formula is C19H17FN2O3S2. The minimum atomic E-state index is -3.36. The molecule has 0 saturated heterocycles. The summed E-state index contributed by atoms with van der Waals surface area (Å²) >= 11 is 1.09. The number of rotatable bonds is 7. The van der Waals surface area contributed by atoms with Gasteiger partial charge in [0.15, 0.2) is 9.84 Å². The molecule has 0 atom stereocenters. The molecule has 5 nitrogen and oxygen atoms in total. The maximum atomic E-state index is 13.8. The average molecular weight is 404 g/mol. The number of aromatic nitrogens is 1. The Morgan fingerprint density at radius 3 is 2.52 bits per heavy atom. The summed E-state index contributed by atoms with van der Waals surface area (Å²) in [6.45, 7) is 0.220. The van der Waals surface area contributed by atoms with Crippen LogP contribution in [0.25, 0.3) is 10.6 Å². The normalized spacial score (nSPS) is 11.3. The molecule has 0 aliphatic heterocycles. The molecule has 3 aromatic rings. The zero-order valence-corrected chi connectivity index (χ0v) is 15.9. The number of thiazole rings is 1. The van der Waals surface area contributed by atoms with Crippen LogP contribution in [0.2, 0.25) is 0 Å². The van der Waals surface area contributed by atoms with E-state index in [9.17, 15) is 17.6 Å². The summed E-state index contributed by atoms with van der Waals surface area (Å²) in [6, 6.07) is 14.4. The van der Waals surface area contributed by atoms with Crippen LogP contribution in [0.5, 0.6) is 0 Å². The van der Waals surface area contributed by atoms with E-state index in [0.29, 0.717) is 21.9 Å². The van der Waals surface area contributed by atoms with Gasteiger partial charge in [-0.15, -0.1) is 11.3 Å². The van der Waals surface area contributed by atoms with Crippen LogP contribution in [-0.4, -0.2) is 31.6 Å². The zero-order valence-electron chi connectivity index (χ0n) is 14.3. The van der Waals surface area contributed by atoms with Gasteiger partial charge in [-0.2, -0.15) is 0 Å². The number of nitrogens with one attached hydrogen (secondary N) is 1. The van der Waals surface area contributed by atoms with Crippen LogP contribution < -0.4 is 5.32 Å². The Balaban J connectivity index is 1.54. The van der Waals surface area contributed by atoms with Crippen molar-refractivity contribution in [2.45, 2.75) is 11.3 Å². The molecule has 27 heavy (non-hydrogen) atoms. The first kappa shape index (κ1) is 19.2. The number of hydrogen-bond donors (Lipinski definition) is 1. The van der Waals surface area contributed by atoms with Gasteiger partial charge in [-0.05, 0) is 30.7 Å². The molecule has 140 valence electrons. The Kier molecular flexibility index (Phi) is 5.98. The number of halogens is 1. The number of carbonyl (C=O) groups excluding carboxylic acids is 1. The van der Waals surface area contributed by atoms with Crippen LogP contribution in [0.3, 0.4) is 0 Å². The third-order valence-corrected chi connectivity index (χ3v) is 6.66. The lowest BCUT2D eigenvalue weighted by atomic mass is 10.2. The zero-order chi connectivity index (χ0) is 19.3. The summed E-state index contributed by atoms with van der Waals surface area (Å²) in [5.74, 6) is -0.808. The van der Waals surface area contributed by atoms with Crippen molar-refractivity contribution in [1.29, 1.82) is 0 Å². The number of sulfone groups is 1. The Labute approximate surface area is 160 Å². The third kappa shape index (κ3) is 4.78. The highest BCUT2D eigenvalue weighted by molar-refractivity contribution is 7.91. The standard InChI is InChI=1S/C19H17FN2O3S2/c20-16-10-5-4-9-15(16)19-22-13-17(26-19)18(23)21-11-6-12-27(24,25)14-7-2-1-3-8-14/h1-5,7-10,13H,6,11-12H2,(H,21,23). The smallest absolute Gasteiger partial charge is 0.263 e. The topological polar surface area (TPSA) is 76.1 Å². The molecule has 0 unspecified atom stereocenters. The highest BCUT2D eigenvalue weighted by Crippen LogP contribution is 2.27. The fraction of sp³-hybridized carbons (Fsp3) is 0.158. The summed E-state index contributed by atoms with van der Waals surface area (Å²) in [6.07, 6.45) is 1.68. The van der Waals surface area contributed by atoms with Crippen molar-refractivity contribution in [3.05, 3.63) is 71.5 Å². The van der Waals surface area contributed by atoms with E-state index in [4.69, 9.17) is 0 Å². The molecule has 0 radical (unpaired) electrons. The monoisotopic (exact) mass is 404 g/mol. The van der Waals surface area contributed by atoms with Crippen molar-refractivity contribution in [2.24, 2.45) is 0 Å². The number of carbonyl (C=O) groups is 1. The van der Waals surface area contributed by atoms with Crippen molar-refractivity contribution in [2.75, 3.05) is 12.3 Å². The number of hydrogen-bond acceptors (Lipinski definition) is 5. The molecule has 0 fully saturated rings. The molecule has 1 N–H and O–H groups in total. The van der Waals surface area contributed by atoms with Crippen LogP contribution in [0.15, 0.2) is 65.7 Å². The fourth-order valence-corrected chi connectivity index (χ4v) is 4.63. The van der Waals surface area contributed by atoms with E-state index in [1.54, 1.807) is 48.5 Å². The minimum absolute atomic E-state index is 0.0551. The Hall–Kier alpha value is -2.58. The first-order valence-corrected chi connectivity index (χ1v) is 10.7. The van der Waals surface area contributed by atoms with Crippen molar-refractivity contribution in [3.63, 3.8) is 0 Å². The molecule has 1 amide bonds.